The quantitative estimate of drug-likeness (QED) is 0.475. The monoisotopic (exact) mass is 338 g/mol. The maximum atomic E-state index is 6.31. The van der Waals surface area contributed by atoms with Gasteiger partial charge in [0.05, 0.1) is 0 Å². The number of fused-ring (bicyclic) bond motifs is 2. The van der Waals surface area contributed by atoms with Gasteiger partial charge in [-0.25, -0.2) is 0 Å². The van der Waals surface area contributed by atoms with Crippen LogP contribution in [0.25, 0.3) is 20.2 Å². The highest BCUT2D eigenvalue weighted by molar-refractivity contribution is 7.19. The van der Waals surface area contributed by atoms with E-state index in [0.29, 0.717) is 0 Å². The Balaban J connectivity index is 1.78. The van der Waals surface area contributed by atoms with Crippen LogP contribution >= 0.6 is 22.7 Å². The zero-order valence-electron chi connectivity index (χ0n) is 13.1. The van der Waals surface area contributed by atoms with Crippen molar-refractivity contribution in [2.45, 2.75) is 20.3 Å². The van der Waals surface area contributed by atoms with Gasteiger partial charge in [-0.05, 0) is 55.3 Å². The predicted molar refractivity (Wildman–Crippen MR) is 105 cm³/mol. The average molecular weight is 339 g/mol. The second kappa shape index (κ2) is 5.25. The fraction of sp³-hybridized carbons (Fsp3) is 0.158. The van der Waals surface area contributed by atoms with Crippen LogP contribution in [0.5, 0.6) is 0 Å². The normalized spacial score (nSPS) is 11.6. The first-order valence-corrected chi connectivity index (χ1v) is 9.21. The van der Waals surface area contributed by atoms with Crippen molar-refractivity contribution in [3.63, 3.8) is 0 Å². The van der Waals surface area contributed by atoms with Gasteiger partial charge in [-0.3, -0.25) is 0 Å². The minimum absolute atomic E-state index is 0.851. The summed E-state index contributed by atoms with van der Waals surface area (Å²) >= 11 is 3.64. The third-order valence-corrected chi connectivity index (χ3v) is 6.64. The number of nitrogens with two attached hydrogens (primary N) is 2. The molecule has 0 bridgehead atoms. The van der Waals surface area contributed by atoms with Crippen molar-refractivity contribution in [3.05, 3.63) is 57.3 Å². The average Bonchev–Trinajstić information content (AvgIpc) is 3.02. The number of hydrogen-bond donors (Lipinski definition) is 2. The van der Waals surface area contributed by atoms with E-state index in [9.17, 15) is 0 Å². The van der Waals surface area contributed by atoms with E-state index in [1.807, 2.05) is 34.8 Å². The van der Waals surface area contributed by atoms with E-state index in [1.165, 1.54) is 35.7 Å². The summed E-state index contributed by atoms with van der Waals surface area (Å²) in [5.41, 5.74) is 16.7. The molecule has 2 aromatic heterocycles. The van der Waals surface area contributed by atoms with Gasteiger partial charge < -0.3 is 11.5 Å². The summed E-state index contributed by atoms with van der Waals surface area (Å²) in [6.45, 7) is 4.31. The summed E-state index contributed by atoms with van der Waals surface area (Å²) in [5.74, 6) is 0. The van der Waals surface area contributed by atoms with Gasteiger partial charge in [0.1, 0.15) is 0 Å². The van der Waals surface area contributed by atoms with Crippen LogP contribution in [0.15, 0.2) is 36.4 Å². The maximum absolute atomic E-state index is 6.31. The lowest BCUT2D eigenvalue weighted by atomic mass is 10.0. The lowest BCUT2D eigenvalue weighted by Crippen LogP contribution is -1.91. The molecule has 4 N–H and O–H groups in total. The summed E-state index contributed by atoms with van der Waals surface area (Å²) < 4.78 is 2.53. The molecule has 0 spiro atoms. The van der Waals surface area contributed by atoms with Gasteiger partial charge in [0.15, 0.2) is 0 Å². The SMILES string of the molecule is Cc1sc2cc(Cc3cc4c(N)cccc4s3)cc(N)c2c1C. The van der Waals surface area contributed by atoms with Crippen LogP contribution in [-0.4, -0.2) is 0 Å². The van der Waals surface area contributed by atoms with E-state index >= 15 is 0 Å². The molecule has 0 atom stereocenters. The van der Waals surface area contributed by atoms with Crippen molar-refractivity contribution in [2.24, 2.45) is 0 Å². The molecule has 0 amide bonds. The van der Waals surface area contributed by atoms with E-state index < -0.39 is 0 Å². The van der Waals surface area contributed by atoms with E-state index in [1.54, 1.807) is 0 Å². The predicted octanol–water partition coefficient (Wildman–Crippen LogP) is 5.49. The Morgan fingerprint density at radius 1 is 0.913 bits per heavy atom. The molecule has 0 aliphatic carbocycles. The van der Waals surface area contributed by atoms with Gasteiger partial charge in [0.2, 0.25) is 0 Å². The Hall–Kier alpha value is -2.04. The Labute approximate surface area is 143 Å². The van der Waals surface area contributed by atoms with Gasteiger partial charge in [-0.15, -0.1) is 22.7 Å². The molecule has 4 heteroatoms. The third-order valence-electron chi connectivity index (χ3n) is 4.38. The molecule has 0 aliphatic rings. The number of aryl methyl sites for hydroxylation is 2. The van der Waals surface area contributed by atoms with Crippen molar-refractivity contribution in [3.8, 4) is 0 Å². The first-order chi connectivity index (χ1) is 11.0. The van der Waals surface area contributed by atoms with Crippen molar-refractivity contribution >= 4 is 54.2 Å². The van der Waals surface area contributed by atoms with E-state index in [-0.39, 0.29) is 0 Å². The first-order valence-electron chi connectivity index (χ1n) is 7.58. The van der Waals surface area contributed by atoms with Crippen LogP contribution in [0, 0.1) is 13.8 Å². The van der Waals surface area contributed by atoms with Crippen LogP contribution < -0.4 is 11.5 Å². The third kappa shape index (κ3) is 2.38. The highest BCUT2D eigenvalue weighted by Gasteiger charge is 2.11. The molecule has 2 nitrogen and oxygen atoms in total. The van der Waals surface area contributed by atoms with Crippen molar-refractivity contribution < 1.29 is 0 Å². The van der Waals surface area contributed by atoms with E-state index in [0.717, 1.165) is 23.2 Å². The van der Waals surface area contributed by atoms with Crippen LogP contribution in [-0.2, 0) is 6.42 Å². The van der Waals surface area contributed by atoms with Gasteiger partial charge in [-0.2, -0.15) is 0 Å². The van der Waals surface area contributed by atoms with Gasteiger partial charge in [0.25, 0.3) is 0 Å². The zero-order chi connectivity index (χ0) is 16.1. The van der Waals surface area contributed by atoms with Crippen molar-refractivity contribution in [1.82, 2.24) is 0 Å². The van der Waals surface area contributed by atoms with Crippen LogP contribution in [0.3, 0.4) is 0 Å². The molecule has 4 aromatic rings. The van der Waals surface area contributed by atoms with Gasteiger partial charge >= 0.3 is 0 Å². The molecule has 2 heterocycles. The zero-order valence-corrected chi connectivity index (χ0v) is 14.8. The van der Waals surface area contributed by atoms with Crippen molar-refractivity contribution in [2.75, 3.05) is 11.5 Å². The van der Waals surface area contributed by atoms with Crippen LogP contribution in [0.4, 0.5) is 11.4 Å². The Morgan fingerprint density at radius 2 is 1.74 bits per heavy atom. The van der Waals surface area contributed by atoms with Gasteiger partial charge in [-0.1, -0.05) is 6.07 Å². The lowest BCUT2D eigenvalue weighted by Gasteiger charge is -2.04. The van der Waals surface area contributed by atoms with Gasteiger partial charge in [0, 0.05) is 47.7 Å². The molecule has 0 saturated heterocycles. The smallest absolute Gasteiger partial charge is 0.0407 e. The van der Waals surface area contributed by atoms with E-state index in [4.69, 9.17) is 11.5 Å². The number of anilines is 2. The molecule has 0 saturated carbocycles. The maximum Gasteiger partial charge on any atom is 0.0407 e. The largest absolute Gasteiger partial charge is 0.398 e. The van der Waals surface area contributed by atoms with Crippen LogP contribution in [0.1, 0.15) is 20.9 Å². The standard InChI is InChI=1S/C19H18N2S2/c1-10-11(2)22-18-8-12(7-16(21)19(10)18)6-13-9-14-15(20)4-3-5-17(14)23-13/h3-5,7-9H,6,20-21H2,1-2H3. The molecule has 23 heavy (non-hydrogen) atoms. The van der Waals surface area contributed by atoms with Crippen molar-refractivity contribution in [1.29, 1.82) is 0 Å². The molecule has 116 valence electrons. The van der Waals surface area contributed by atoms with Crippen LogP contribution in [0.2, 0.25) is 0 Å². The topological polar surface area (TPSA) is 52.0 Å². The fourth-order valence-electron chi connectivity index (χ4n) is 3.12. The summed E-state index contributed by atoms with van der Waals surface area (Å²) in [4.78, 5) is 2.67. The summed E-state index contributed by atoms with van der Waals surface area (Å²) in [7, 11) is 0. The molecule has 2 aromatic carbocycles. The lowest BCUT2D eigenvalue weighted by molar-refractivity contribution is 1.26. The summed E-state index contributed by atoms with van der Waals surface area (Å²) in [5, 5.41) is 2.38. The summed E-state index contributed by atoms with van der Waals surface area (Å²) in [6, 6.07) is 12.7. The number of hydrogen-bond acceptors (Lipinski definition) is 4. The second-order valence-corrected chi connectivity index (χ2v) is 8.41. The molecular weight excluding hydrogens is 320 g/mol. The molecule has 4 rings (SSSR count). The molecule has 0 aliphatic heterocycles. The highest BCUT2D eigenvalue weighted by atomic mass is 32.1. The Kier molecular flexibility index (Phi) is 3.32. The molecule has 0 unspecified atom stereocenters. The molecule has 0 radical (unpaired) electrons. The Morgan fingerprint density at radius 3 is 2.52 bits per heavy atom. The number of rotatable bonds is 2. The summed E-state index contributed by atoms with van der Waals surface area (Å²) in [6.07, 6.45) is 0.898. The minimum atomic E-state index is 0.851. The highest BCUT2D eigenvalue weighted by Crippen LogP contribution is 2.37. The second-order valence-electron chi connectivity index (χ2n) is 5.99. The molecule has 0 fully saturated rings. The number of thiophene rings is 2. The number of nitrogen functional groups attached to an aromatic ring is 2. The first kappa shape index (κ1) is 14.5. The number of benzene rings is 2. The van der Waals surface area contributed by atoms with E-state index in [2.05, 4.69) is 38.1 Å². The molecular formula is C19H18N2S2. The fourth-order valence-corrected chi connectivity index (χ4v) is 5.42. The minimum Gasteiger partial charge on any atom is -0.398 e. The Bertz CT molecular complexity index is 1040.